The van der Waals surface area contributed by atoms with Crippen LogP contribution in [0.15, 0.2) is 18.2 Å². The summed E-state index contributed by atoms with van der Waals surface area (Å²) in [5.41, 5.74) is 2.79. The van der Waals surface area contributed by atoms with E-state index in [0.717, 1.165) is 21.3 Å². The minimum Gasteiger partial charge on any atom is -0.379 e. The number of imide groups is 1. The number of rotatable bonds is 3. The Morgan fingerprint density at radius 3 is 2.57 bits per heavy atom. The van der Waals surface area contributed by atoms with Gasteiger partial charge in [0.2, 0.25) is 0 Å². The molecule has 0 fully saturated rings. The van der Waals surface area contributed by atoms with E-state index in [2.05, 4.69) is 10.3 Å². The van der Waals surface area contributed by atoms with Crippen LogP contribution in [-0.2, 0) is 6.54 Å². The molecule has 0 aliphatic carbocycles. The molecular weight excluding hydrogens is 286 g/mol. The van der Waals surface area contributed by atoms with E-state index < -0.39 is 0 Å². The third kappa shape index (κ3) is 2.31. The lowest BCUT2D eigenvalue weighted by Gasteiger charge is -2.05. The highest BCUT2D eigenvalue weighted by atomic mass is 32.1. The Labute approximate surface area is 126 Å². The van der Waals surface area contributed by atoms with Crippen LogP contribution in [0.3, 0.4) is 0 Å². The number of aryl methyl sites for hydroxylation is 2. The van der Waals surface area contributed by atoms with Gasteiger partial charge in [0.15, 0.2) is 0 Å². The SMILES string of the molecule is Cc1nc(CNc2ccc3c(c2)C(=O)N(C)C3=O)sc1C. The quantitative estimate of drug-likeness (QED) is 0.885. The molecule has 2 heterocycles. The standard InChI is InChI=1S/C15H15N3O2S/c1-8-9(2)21-13(17-8)7-16-10-4-5-11-12(6-10)15(20)18(3)14(11)19/h4-6,16H,7H2,1-3H3. The molecule has 0 atom stereocenters. The highest BCUT2D eigenvalue weighted by molar-refractivity contribution is 7.11. The maximum atomic E-state index is 11.9. The summed E-state index contributed by atoms with van der Waals surface area (Å²) in [5, 5.41) is 4.25. The summed E-state index contributed by atoms with van der Waals surface area (Å²) in [7, 11) is 1.50. The van der Waals surface area contributed by atoms with E-state index in [1.165, 1.54) is 11.9 Å². The van der Waals surface area contributed by atoms with Crippen LogP contribution in [0.4, 0.5) is 5.69 Å². The van der Waals surface area contributed by atoms with Crippen molar-refractivity contribution in [3.63, 3.8) is 0 Å². The van der Waals surface area contributed by atoms with Crippen LogP contribution >= 0.6 is 11.3 Å². The first-order valence-corrected chi connectivity index (χ1v) is 7.42. The Hall–Kier alpha value is -2.21. The van der Waals surface area contributed by atoms with Gasteiger partial charge in [0.25, 0.3) is 11.8 Å². The molecule has 1 aliphatic heterocycles. The molecule has 0 radical (unpaired) electrons. The van der Waals surface area contributed by atoms with E-state index in [1.54, 1.807) is 23.5 Å². The summed E-state index contributed by atoms with van der Waals surface area (Å²) in [6.07, 6.45) is 0. The molecule has 108 valence electrons. The van der Waals surface area contributed by atoms with Crippen LogP contribution in [0.1, 0.15) is 36.3 Å². The summed E-state index contributed by atoms with van der Waals surface area (Å²) >= 11 is 1.66. The second kappa shape index (κ2) is 4.96. The molecular formula is C15H15N3O2S. The maximum absolute atomic E-state index is 11.9. The predicted octanol–water partition coefficient (Wildman–Crippen LogP) is 2.60. The van der Waals surface area contributed by atoms with Gasteiger partial charge in [0, 0.05) is 17.6 Å². The van der Waals surface area contributed by atoms with Crippen LogP contribution in [0.2, 0.25) is 0 Å². The predicted molar refractivity (Wildman–Crippen MR) is 81.8 cm³/mol. The Kier molecular flexibility index (Phi) is 3.25. The van der Waals surface area contributed by atoms with Crippen molar-refractivity contribution in [1.29, 1.82) is 0 Å². The monoisotopic (exact) mass is 301 g/mol. The Morgan fingerprint density at radius 2 is 1.90 bits per heavy atom. The molecule has 5 nitrogen and oxygen atoms in total. The number of fused-ring (bicyclic) bond motifs is 1. The van der Waals surface area contributed by atoms with E-state index >= 15 is 0 Å². The summed E-state index contributed by atoms with van der Waals surface area (Å²) in [6, 6.07) is 5.24. The molecule has 0 spiro atoms. The zero-order valence-electron chi connectivity index (χ0n) is 12.1. The Morgan fingerprint density at radius 1 is 1.19 bits per heavy atom. The summed E-state index contributed by atoms with van der Waals surface area (Å²) < 4.78 is 0. The second-order valence-corrected chi connectivity index (χ2v) is 6.32. The van der Waals surface area contributed by atoms with Crippen LogP contribution in [-0.4, -0.2) is 28.7 Å². The topological polar surface area (TPSA) is 62.3 Å². The summed E-state index contributed by atoms with van der Waals surface area (Å²) in [5.74, 6) is -0.493. The minimum atomic E-state index is -0.250. The van der Waals surface area contributed by atoms with Crippen molar-refractivity contribution in [3.8, 4) is 0 Å². The number of carbonyl (C=O) groups is 2. The van der Waals surface area contributed by atoms with Crippen LogP contribution in [0.5, 0.6) is 0 Å². The number of amides is 2. The van der Waals surface area contributed by atoms with E-state index in [-0.39, 0.29) is 11.8 Å². The molecule has 2 aromatic rings. The van der Waals surface area contributed by atoms with Crippen molar-refractivity contribution in [2.45, 2.75) is 20.4 Å². The lowest BCUT2D eigenvalue weighted by atomic mass is 10.1. The molecule has 0 bridgehead atoms. The van der Waals surface area contributed by atoms with E-state index in [9.17, 15) is 9.59 Å². The molecule has 6 heteroatoms. The average molecular weight is 301 g/mol. The zero-order chi connectivity index (χ0) is 15.1. The molecule has 1 aliphatic rings. The number of nitrogens with zero attached hydrogens (tertiary/aromatic N) is 2. The van der Waals surface area contributed by atoms with Gasteiger partial charge in [-0.2, -0.15) is 0 Å². The third-order valence-electron chi connectivity index (χ3n) is 3.61. The fourth-order valence-electron chi connectivity index (χ4n) is 2.26. The number of benzene rings is 1. The Bertz CT molecular complexity index is 732. The fraction of sp³-hybridized carbons (Fsp3) is 0.267. The van der Waals surface area contributed by atoms with Gasteiger partial charge in [0.05, 0.1) is 23.4 Å². The molecule has 21 heavy (non-hydrogen) atoms. The molecule has 1 aromatic heterocycles. The summed E-state index contributed by atoms with van der Waals surface area (Å²) in [4.78, 5) is 30.6. The molecule has 0 unspecified atom stereocenters. The fourth-order valence-corrected chi connectivity index (χ4v) is 3.14. The van der Waals surface area contributed by atoms with Crippen LogP contribution < -0.4 is 5.32 Å². The van der Waals surface area contributed by atoms with Gasteiger partial charge < -0.3 is 5.32 Å². The first-order chi connectivity index (χ1) is 9.97. The van der Waals surface area contributed by atoms with Crippen molar-refractivity contribution in [3.05, 3.63) is 44.9 Å². The van der Waals surface area contributed by atoms with E-state index in [1.807, 2.05) is 19.9 Å². The largest absolute Gasteiger partial charge is 0.379 e. The van der Waals surface area contributed by atoms with Crippen molar-refractivity contribution in [1.82, 2.24) is 9.88 Å². The van der Waals surface area contributed by atoms with E-state index in [4.69, 9.17) is 0 Å². The number of hydrogen-bond acceptors (Lipinski definition) is 5. The molecule has 0 saturated heterocycles. The minimum absolute atomic E-state index is 0.243. The highest BCUT2D eigenvalue weighted by Crippen LogP contribution is 2.25. The number of thiazole rings is 1. The second-order valence-electron chi connectivity index (χ2n) is 5.03. The van der Waals surface area contributed by atoms with Gasteiger partial charge in [-0.25, -0.2) is 4.98 Å². The number of anilines is 1. The maximum Gasteiger partial charge on any atom is 0.261 e. The molecule has 1 aromatic carbocycles. The first-order valence-electron chi connectivity index (χ1n) is 6.60. The number of aromatic nitrogens is 1. The van der Waals surface area contributed by atoms with Crippen LogP contribution in [0.25, 0.3) is 0 Å². The smallest absolute Gasteiger partial charge is 0.261 e. The summed E-state index contributed by atoms with van der Waals surface area (Å²) in [6.45, 7) is 4.65. The van der Waals surface area contributed by atoms with E-state index in [0.29, 0.717) is 17.7 Å². The number of hydrogen-bond donors (Lipinski definition) is 1. The Balaban J connectivity index is 1.79. The lowest BCUT2D eigenvalue weighted by Crippen LogP contribution is -2.24. The lowest BCUT2D eigenvalue weighted by molar-refractivity contribution is 0.0693. The van der Waals surface area contributed by atoms with Gasteiger partial charge in [-0.1, -0.05) is 0 Å². The van der Waals surface area contributed by atoms with Gasteiger partial charge in [-0.3, -0.25) is 14.5 Å². The zero-order valence-corrected chi connectivity index (χ0v) is 12.9. The average Bonchev–Trinajstić information content (AvgIpc) is 2.90. The number of nitrogens with one attached hydrogen (secondary N) is 1. The van der Waals surface area contributed by atoms with Gasteiger partial charge in [-0.15, -0.1) is 11.3 Å². The van der Waals surface area contributed by atoms with Crippen molar-refractivity contribution < 1.29 is 9.59 Å². The number of carbonyl (C=O) groups excluding carboxylic acids is 2. The normalized spacial score (nSPS) is 13.8. The molecule has 0 saturated carbocycles. The van der Waals surface area contributed by atoms with Crippen molar-refractivity contribution in [2.75, 3.05) is 12.4 Å². The van der Waals surface area contributed by atoms with Gasteiger partial charge in [-0.05, 0) is 32.0 Å². The first kappa shape index (κ1) is 13.8. The molecule has 2 amide bonds. The van der Waals surface area contributed by atoms with Crippen LogP contribution in [0, 0.1) is 13.8 Å². The van der Waals surface area contributed by atoms with Crippen molar-refractivity contribution in [2.24, 2.45) is 0 Å². The molecule has 1 N–H and O–H groups in total. The van der Waals surface area contributed by atoms with Gasteiger partial charge in [0.1, 0.15) is 5.01 Å². The van der Waals surface area contributed by atoms with Crippen molar-refractivity contribution >= 4 is 28.8 Å². The highest BCUT2D eigenvalue weighted by Gasteiger charge is 2.32. The van der Waals surface area contributed by atoms with Gasteiger partial charge >= 0.3 is 0 Å². The third-order valence-corrected chi connectivity index (χ3v) is 4.68. The molecule has 3 rings (SSSR count).